The van der Waals surface area contributed by atoms with Crippen molar-refractivity contribution < 1.29 is 37.4 Å². The maximum absolute atomic E-state index is 12.9. The van der Waals surface area contributed by atoms with Gasteiger partial charge in [0.2, 0.25) is 27.7 Å². The molecule has 1 saturated carbocycles. The smallest absolute Gasteiger partial charge is 0.303 e. The molecule has 1 aliphatic rings. The number of hydrogen-bond acceptors (Lipinski definition) is 7. The van der Waals surface area contributed by atoms with Crippen molar-refractivity contribution in [3.05, 3.63) is 29.8 Å². The van der Waals surface area contributed by atoms with Crippen molar-refractivity contribution in [3.8, 4) is 0 Å². The van der Waals surface area contributed by atoms with Crippen LogP contribution < -0.4 is 21.1 Å². The van der Waals surface area contributed by atoms with E-state index < -0.39 is 64.0 Å². The number of aliphatic carboxylic acids is 1. The fourth-order valence-corrected chi connectivity index (χ4v) is 5.25. The molecule has 1 aromatic rings. The highest BCUT2D eigenvalue weighted by Crippen LogP contribution is 2.24. The van der Waals surface area contributed by atoms with Gasteiger partial charge in [-0.3, -0.25) is 19.2 Å². The molecule has 0 radical (unpaired) electrons. The second-order valence-corrected chi connectivity index (χ2v) is 11.0. The van der Waals surface area contributed by atoms with Crippen LogP contribution in [0.15, 0.2) is 29.2 Å². The molecule has 12 nitrogen and oxygen atoms in total. The van der Waals surface area contributed by atoms with Gasteiger partial charge in [-0.25, -0.2) is 13.1 Å². The van der Waals surface area contributed by atoms with E-state index in [-0.39, 0.29) is 17.7 Å². The fourth-order valence-electron chi connectivity index (χ4n) is 3.95. The molecule has 2 rings (SSSR count). The zero-order valence-corrected chi connectivity index (χ0v) is 22.0. The molecule has 0 spiro atoms. The lowest BCUT2D eigenvalue weighted by molar-refractivity contribution is -0.140. The molecule has 1 aromatic carbocycles. The van der Waals surface area contributed by atoms with Crippen LogP contribution >= 0.6 is 0 Å². The van der Waals surface area contributed by atoms with Crippen molar-refractivity contribution in [2.45, 2.75) is 94.5 Å². The summed E-state index contributed by atoms with van der Waals surface area (Å²) in [4.78, 5) is 47.5. The zero-order chi connectivity index (χ0) is 27.8. The molecule has 0 bridgehead atoms. The number of carboxylic acid groups (broad SMARTS) is 1. The number of carboxylic acids is 1. The minimum Gasteiger partial charge on any atom is -0.481 e. The van der Waals surface area contributed by atoms with Crippen LogP contribution in [0.1, 0.15) is 57.9 Å². The molecular weight excluding hydrogens is 504 g/mol. The third kappa shape index (κ3) is 9.41. The minimum absolute atomic E-state index is 0.144. The van der Waals surface area contributed by atoms with Gasteiger partial charge < -0.3 is 26.2 Å². The van der Waals surface area contributed by atoms with Crippen LogP contribution in [0.5, 0.6) is 0 Å². The molecule has 1 fully saturated rings. The lowest BCUT2D eigenvalue weighted by atomic mass is 9.93. The fraction of sp³-hybridized carbons (Fsp3) is 0.583. The first-order chi connectivity index (χ1) is 17.3. The summed E-state index contributed by atoms with van der Waals surface area (Å²) in [6, 6.07) is 3.71. The second-order valence-electron chi connectivity index (χ2n) is 9.27. The summed E-state index contributed by atoms with van der Waals surface area (Å²) in [5.74, 6) is -3.35. The van der Waals surface area contributed by atoms with E-state index in [2.05, 4.69) is 15.4 Å². The summed E-state index contributed by atoms with van der Waals surface area (Å²) >= 11 is 0. The molecule has 0 aliphatic heterocycles. The normalized spacial score (nSPS) is 20.3. The van der Waals surface area contributed by atoms with E-state index in [1.807, 2.05) is 6.92 Å². The Morgan fingerprint density at radius 1 is 1.05 bits per heavy atom. The number of carbonyl (C=O) groups excluding carboxylic acids is 3. The van der Waals surface area contributed by atoms with Crippen LogP contribution in [-0.2, 0) is 33.9 Å². The Balaban J connectivity index is 1.96. The Bertz CT molecular complexity index is 1080. The van der Waals surface area contributed by atoms with Crippen molar-refractivity contribution in [3.63, 3.8) is 0 Å². The molecule has 1 aliphatic carbocycles. The third-order valence-electron chi connectivity index (χ3n) is 6.15. The maximum Gasteiger partial charge on any atom is 0.303 e. The predicted octanol–water partition coefficient (Wildman–Crippen LogP) is 0.329. The Morgan fingerprint density at radius 2 is 1.68 bits per heavy atom. The van der Waals surface area contributed by atoms with Crippen molar-refractivity contribution in [1.29, 1.82) is 0 Å². The van der Waals surface area contributed by atoms with Gasteiger partial charge >= 0.3 is 5.97 Å². The largest absolute Gasteiger partial charge is 0.481 e. The SMILES string of the molecule is Cc1ccc(S(=O)(=O)N[C@@H]2CCCC[C@H]2OC(C)C(=O)N[C@@H](C)C(=O)N[C@H](CCC(=O)O)C(N)=O)cc1. The van der Waals surface area contributed by atoms with Gasteiger partial charge in [-0.15, -0.1) is 0 Å². The topological polar surface area (TPSA) is 194 Å². The number of aryl methyl sites for hydroxylation is 1. The Hall–Kier alpha value is -3.03. The van der Waals surface area contributed by atoms with Gasteiger partial charge in [-0.1, -0.05) is 30.5 Å². The molecule has 0 heterocycles. The van der Waals surface area contributed by atoms with Crippen molar-refractivity contribution in [1.82, 2.24) is 15.4 Å². The Kier molecular flexibility index (Phi) is 11.0. The molecule has 13 heteroatoms. The van der Waals surface area contributed by atoms with E-state index >= 15 is 0 Å². The standard InChI is InChI=1S/C24H36N4O8S/c1-14-8-10-17(11-9-14)37(34,35)28-18-6-4-5-7-20(18)36-16(3)24(33)26-15(2)23(32)27-19(22(25)31)12-13-21(29)30/h8-11,15-16,18-20,28H,4-7,12-13H2,1-3H3,(H2,25,31)(H,26,33)(H,27,32)(H,29,30)/t15-,16?,18+,19+,20+/m0/s1. The maximum atomic E-state index is 12.9. The molecule has 1 unspecified atom stereocenters. The van der Waals surface area contributed by atoms with Crippen molar-refractivity contribution >= 4 is 33.7 Å². The number of nitrogens with one attached hydrogen (secondary N) is 3. The van der Waals surface area contributed by atoms with Crippen LogP contribution in [0.25, 0.3) is 0 Å². The number of sulfonamides is 1. The van der Waals surface area contributed by atoms with Gasteiger partial charge in [0.05, 0.1) is 11.0 Å². The van der Waals surface area contributed by atoms with Crippen molar-refractivity contribution in [2.24, 2.45) is 5.73 Å². The average Bonchev–Trinajstić information content (AvgIpc) is 2.82. The Labute approximate surface area is 216 Å². The molecule has 206 valence electrons. The molecule has 0 aromatic heterocycles. The summed E-state index contributed by atoms with van der Waals surface area (Å²) in [5, 5.41) is 13.6. The highest BCUT2D eigenvalue weighted by Gasteiger charge is 2.33. The number of hydrogen-bond donors (Lipinski definition) is 5. The number of ether oxygens (including phenoxy) is 1. The molecule has 5 atom stereocenters. The van der Waals surface area contributed by atoms with Crippen LogP contribution in [0.3, 0.4) is 0 Å². The first-order valence-corrected chi connectivity index (χ1v) is 13.6. The van der Waals surface area contributed by atoms with Gasteiger partial charge in [0, 0.05) is 12.5 Å². The summed E-state index contributed by atoms with van der Waals surface area (Å²) in [6.45, 7) is 4.76. The van der Waals surface area contributed by atoms with Gasteiger partial charge in [-0.05, 0) is 52.2 Å². The Morgan fingerprint density at radius 3 is 2.27 bits per heavy atom. The van der Waals surface area contributed by atoms with Crippen LogP contribution in [0.4, 0.5) is 0 Å². The molecular formula is C24H36N4O8S. The van der Waals surface area contributed by atoms with Gasteiger partial charge in [0.25, 0.3) is 0 Å². The summed E-state index contributed by atoms with van der Waals surface area (Å²) in [7, 11) is -3.78. The number of benzene rings is 1. The van der Waals surface area contributed by atoms with Crippen LogP contribution in [0.2, 0.25) is 0 Å². The number of primary amides is 1. The molecule has 37 heavy (non-hydrogen) atoms. The zero-order valence-electron chi connectivity index (χ0n) is 21.2. The van der Waals surface area contributed by atoms with E-state index in [9.17, 15) is 27.6 Å². The van der Waals surface area contributed by atoms with Crippen LogP contribution in [0, 0.1) is 6.92 Å². The van der Waals surface area contributed by atoms with E-state index in [1.54, 1.807) is 12.1 Å². The van der Waals surface area contributed by atoms with Crippen LogP contribution in [-0.4, -0.2) is 67.5 Å². The average molecular weight is 541 g/mol. The number of nitrogens with two attached hydrogens (primary N) is 1. The first kappa shape index (κ1) is 30.2. The minimum atomic E-state index is -3.78. The van der Waals surface area contributed by atoms with Gasteiger partial charge in [0.15, 0.2) is 0 Å². The third-order valence-corrected chi connectivity index (χ3v) is 7.65. The highest BCUT2D eigenvalue weighted by atomic mass is 32.2. The number of carbonyl (C=O) groups is 4. The molecule has 3 amide bonds. The predicted molar refractivity (Wildman–Crippen MR) is 134 cm³/mol. The quantitative estimate of drug-likeness (QED) is 0.236. The number of amides is 3. The van der Waals surface area contributed by atoms with E-state index in [0.29, 0.717) is 12.8 Å². The van der Waals surface area contributed by atoms with Gasteiger partial charge in [0.1, 0.15) is 18.2 Å². The van der Waals surface area contributed by atoms with E-state index in [1.165, 1.54) is 26.0 Å². The lowest BCUT2D eigenvalue weighted by Crippen LogP contribution is -2.54. The van der Waals surface area contributed by atoms with E-state index in [4.69, 9.17) is 15.6 Å². The number of rotatable bonds is 13. The first-order valence-electron chi connectivity index (χ1n) is 12.2. The monoisotopic (exact) mass is 540 g/mol. The van der Waals surface area contributed by atoms with Crippen molar-refractivity contribution in [2.75, 3.05) is 0 Å². The van der Waals surface area contributed by atoms with E-state index in [0.717, 1.165) is 18.4 Å². The summed E-state index contributed by atoms with van der Waals surface area (Å²) in [6.07, 6.45) is 0.630. The summed E-state index contributed by atoms with van der Waals surface area (Å²) < 4.78 is 34.3. The molecule has 0 saturated heterocycles. The molecule has 6 N–H and O–H groups in total. The second kappa shape index (κ2) is 13.5. The summed E-state index contributed by atoms with van der Waals surface area (Å²) in [5.41, 5.74) is 6.16. The lowest BCUT2D eigenvalue weighted by Gasteiger charge is -2.33. The van der Waals surface area contributed by atoms with Gasteiger partial charge in [-0.2, -0.15) is 0 Å². The highest BCUT2D eigenvalue weighted by molar-refractivity contribution is 7.89.